The number of ether oxygens (including phenoxy) is 1. The van der Waals surface area contributed by atoms with E-state index in [1.807, 2.05) is 37.2 Å². The molecule has 0 aliphatic heterocycles. The Hall–Kier alpha value is -1.55. The first kappa shape index (κ1) is 13.5. The maximum absolute atomic E-state index is 5.00. The highest BCUT2D eigenvalue weighted by Crippen LogP contribution is 2.00. The summed E-state index contributed by atoms with van der Waals surface area (Å²) in [6, 6.07) is 10.2. The minimum atomic E-state index is 0.679. The first-order chi connectivity index (χ1) is 8.24. The minimum absolute atomic E-state index is 0.679. The molecule has 0 aliphatic carbocycles. The van der Waals surface area contributed by atoms with Crippen molar-refractivity contribution in [2.75, 3.05) is 34.4 Å². The Morgan fingerprint density at radius 1 is 1.29 bits per heavy atom. The van der Waals surface area contributed by atoms with Crippen LogP contribution in [0.4, 0.5) is 0 Å². The van der Waals surface area contributed by atoms with E-state index >= 15 is 0 Å². The van der Waals surface area contributed by atoms with E-state index in [0.717, 1.165) is 12.5 Å². The van der Waals surface area contributed by atoms with E-state index < -0.39 is 0 Å². The Labute approximate surface area is 103 Å². The number of guanidine groups is 1. The van der Waals surface area contributed by atoms with Crippen molar-refractivity contribution >= 4 is 5.96 Å². The molecule has 1 rings (SSSR count). The average molecular weight is 235 g/mol. The third-order valence-electron chi connectivity index (χ3n) is 2.27. The van der Waals surface area contributed by atoms with Crippen molar-refractivity contribution in [2.45, 2.75) is 6.54 Å². The number of benzene rings is 1. The molecule has 17 heavy (non-hydrogen) atoms. The summed E-state index contributed by atoms with van der Waals surface area (Å²) in [6.07, 6.45) is 0. The monoisotopic (exact) mass is 235 g/mol. The van der Waals surface area contributed by atoms with Crippen LogP contribution in [0.25, 0.3) is 0 Å². The highest BCUT2D eigenvalue weighted by Gasteiger charge is 2.00. The Morgan fingerprint density at radius 2 is 2.00 bits per heavy atom. The molecule has 94 valence electrons. The van der Waals surface area contributed by atoms with Crippen LogP contribution in [0.1, 0.15) is 5.56 Å². The van der Waals surface area contributed by atoms with Gasteiger partial charge in [0.15, 0.2) is 5.96 Å². The van der Waals surface area contributed by atoms with Crippen LogP contribution in [0.5, 0.6) is 0 Å². The SMILES string of the molecule is COCCNC(=NCc1ccccc1)N(C)C. The summed E-state index contributed by atoms with van der Waals surface area (Å²) in [7, 11) is 5.64. The molecule has 4 nitrogen and oxygen atoms in total. The fourth-order valence-corrected chi connectivity index (χ4v) is 1.37. The molecule has 0 aromatic heterocycles. The van der Waals surface area contributed by atoms with Crippen molar-refractivity contribution in [3.63, 3.8) is 0 Å². The van der Waals surface area contributed by atoms with Crippen LogP contribution in [0, 0.1) is 0 Å². The van der Waals surface area contributed by atoms with Crippen LogP contribution >= 0.6 is 0 Å². The first-order valence-corrected chi connectivity index (χ1v) is 5.72. The van der Waals surface area contributed by atoms with E-state index in [0.29, 0.717) is 13.2 Å². The van der Waals surface area contributed by atoms with Crippen molar-refractivity contribution < 1.29 is 4.74 Å². The normalized spacial score (nSPS) is 11.4. The van der Waals surface area contributed by atoms with Crippen molar-refractivity contribution in [2.24, 2.45) is 4.99 Å². The number of nitrogens with one attached hydrogen (secondary N) is 1. The number of nitrogens with zero attached hydrogens (tertiary/aromatic N) is 2. The lowest BCUT2D eigenvalue weighted by Crippen LogP contribution is -2.38. The second-order valence-corrected chi connectivity index (χ2v) is 3.94. The predicted molar refractivity (Wildman–Crippen MR) is 71.1 cm³/mol. The first-order valence-electron chi connectivity index (χ1n) is 5.72. The van der Waals surface area contributed by atoms with Gasteiger partial charge in [-0.15, -0.1) is 0 Å². The van der Waals surface area contributed by atoms with Gasteiger partial charge in [0.1, 0.15) is 0 Å². The molecule has 0 fully saturated rings. The van der Waals surface area contributed by atoms with E-state index in [-0.39, 0.29) is 0 Å². The highest BCUT2D eigenvalue weighted by molar-refractivity contribution is 5.79. The van der Waals surface area contributed by atoms with E-state index in [2.05, 4.69) is 22.4 Å². The van der Waals surface area contributed by atoms with Crippen molar-refractivity contribution in [1.82, 2.24) is 10.2 Å². The average Bonchev–Trinajstić information content (AvgIpc) is 2.34. The Balaban J connectivity index is 2.52. The molecule has 0 heterocycles. The molecule has 1 N–H and O–H groups in total. The molecule has 1 aromatic carbocycles. The molecule has 0 atom stereocenters. The minimum Gasteiger partial charge on any atom is -0.383 e. The van der Waals surface area contributed by atoms with Gasteiger partial charge >= 0.3 is 0 Å². The maximum Gasteiger partial charge on any atom is 0.193 e. The number of aliphatic imine (C=N–C) groups is 1. The van der Waals surface area contributed by atoms with Crippen molar-refractivity contribution in [3.8, 4) is 0 Å². The number of methoxy groups -OCH3 is 1. The zero-order chi connectivity index (χ0) is 12.5. The Morgan fingerprint density at radius 3 is 2.59 bits per heavy atom. The zero-order valence-corrected chi connectivity index (χ0v) is 10.8. The van der Waals surface area contributed by atoms with Gasteiger partial charge in [-0.2, -0.15) is 0 Å². The number of hydrogen-bond donors (Lipinski definition) is 1. The van der Waals surface area contributed by atoms with Gasteiger partial charge in [0, 0.05) is 27.7 Å². The topological polar surface area (TPSA) is 36.9 Å². The largest absolute Gasteiger partial charge is 0.383 e. The third-order valence-corrected chi connectivity index (χ3v) is 2.27. The fraction of sp³-hybridized carbons (Fsp3) is 0.462. The van der Waals surface area contributed by atoms with Crippen LogP contribution in [0.3, 0.4) is 0 Å². The second-order valence-electron chi connectivity index (χ2n) is 3.94. The lowest BCUT2D eigenvalue weighted by molar-refractivity contribution is 0.203. The molecule has 0 bridgehead atoms. The summed E-state index contributed by atoms with van der Waals surface area (Å²) >= 11 is 0. The number of hydrogen-bond acceptors (Lipinski definition) is 2. The maximum atomic E-state index is 5.00. The summed E-state index contributed by atoms with van der Waals surface area (Å²) in [6.45, 7) is 2.13. The Kier molecular flexibility index (Phi) is 6.10. The van der Waals surface area contributed by atoms with Gasteiger partial charge in [-0.1, -0.05) is 30.3 Å². The molecule has 0 amide bonds. The van der Waals surface area contributed by atoms with Gasteiger partial charge < -0.3 is 15.0 Å². The smallest absolute Gasteiger partial charge is 0.193 e. The summed E-state index contributed by atoms with van der Waals surface area (Å²) < 4.78 is 5.00. The van der Waals surface area contributed by atoms with E-state index in [9.17, 15) is 0 Å². The van der Waals surface area contributed by atoms with Crippen LogP contribution in [-0.2, 0) is 11.3 Å². The summed E-state index contributed by atoms with van der Waals surface area (Å²) in [5, 5.41) is 3.24. The molecule has 1 aromatic rings. The quantitative estimate of drug-likeness (QED) is 0.475. The van der Waals surface area contributed by atoms with Gasteiger partial charge in [-0.3, -0.25) is 0 Å². The molecule has 0 saturated carbocycles. The predicted octanol–water partition coefficient (Wildman–Crippen LogP) is 1.34. The lowest BCUT2D eigenvalue weighted by Gasteiger charge is -2.17. The van der Waals surface area contributed by atoms with Gasteiger partial charge in [-0.25, -0.2) is 4.99 Å². The molecule has 0 aliphatic rings. The second kappa shape index (κ2) is 7.68. The zero-order valence-electron chi connectivity index (χ0n) is 10.8. The molecular formula is C13H21N3O. The molecule has 0 spiro atoms. The van der Waals surface area contributed by atoms with E-state index in [4.69, 9.17) is 4.74 Å². The van der Waals surface area contributed by atoms with Crippen LogP contribution in [0.2, 0.25) is 0 Å². The molecule has 0 radical (unpaired) electrons. The van der Waals surface area contributed by atoms with Crippen molar-refractivity contribution in [3.05, 3.63) is 35.9 Å². The molecular weight excluding hydrogens is 214 g/mol. The molecule has 0 unspecified atom stereocenters. The van der Waals surface area contributed by atoms with Crippen LogP contribution in [-0.4, -0.2) is 45.2 Å². The van der Waals surface area contributed by atoms with Crippen molar-refractivity contribution in [1.29, 1.82) is 0 Å². The van der Waals surface area contributed by atoms with Gasteiger partial charge in [-0.05, 0) is 5.56 Å². The standard InChI is InChI=1S/C13H21N3O/c1-16(2)13(14-9-10-17-3)15-11-12-7-5-4-6-8-12/h4-8H,9-11H2,1-3H3,(H,14,15). The summed E-state index contributed by atoms with van der Waals surface area (Å²) in [5.41, 5.74) is 1.21. The summed E-state index contributed by atoms with van der Waals surface area (Å²) in [4.78, 5) is 6.51. The highest BCUT2D eigenvalue weighted by atomic mass is 16.5. The fourth-order valence-electron chi connectivity index (χ4n) is 1.37. The van der Waals surface area contributed by atoms with E-state index in [1.165, 1.54) is 5.56 Å². The van der Waals surface area contributed by atoms with Crippen LogP contribution in [0.15, 0.2) is 35.3 Å². The van der Waals surface area contributed by atoms with E-state index in [1.54, 1.807) is 7.11 Å². The van der Waals surface area contributed by atoms with Crippen LogP contribution < -0.4 is 5.32 Å². The molecule has 0 saturated heterocycles. The van der Waals surface area contributed by atoms with Gasteiger partial charge in [0.2, 0.25) is 0 Å². The lowest BCUT2D eigenvalue weighted by atomic mass is 10.2. The Bertz CT molecular complexity index is 336. The molecule has 4 heteroatoms. The third kappa shape index (κ3) is 5.36. The van der Waals surface area contributed by atoms with Gasteiger partial charge in [0.05, 0.1) is 13.2 Å². The summed E-state index contributed by atoms with van der Waals surface area (Å²) in [5.74, 6) is 0.880. The number of rotatable bonds is 5. The van der Waals surface area contributed by atoms with Gasteiger partial charge in [0.25, 0.3) is 0 Å².